The minimum atomic E-state index is -3.71. The lowest BCUT2D eigenvalue weighted by Crippen LogP contribution is -2.59. The highest BCUT2D eigenvalue weighted by atomic mass is 35.5. The molecule has 8 atom stereocenters. The Morgan fingerprint density at radius 3 is 2.10 bits per heavy atom. The van der Waals surface area contributed by atoms with Crippen LogP contribution in [0.3, 0.4) is 0 Å². The van der Waals surface area contributed by atoms with Gasteiger partial charge in [0.2, 0.25) is 6.23 Å². The van der Waals surface area contributed by atoms with Crippen molar-refractivity contribution in [1.82, 2.24) is 19.7 Å². The highest BCUT2D eigenvalue weighted by Crippen LogP contribution is 2.42. The van der Waals surface area contributed by atoms with E-state index in [1.54, 1.807) is 0 Å². The number of hydrogen-bond donors (Lipinski definition) is 9. The highest BCUT2D eigenvalue weighted by molar-refractivity contribution is 7.54. The summed E-state index contributed by atoms with van der Waals surface area (Å²) in [5.41, 5.74) is 4.21. The number of ether oxygens (including phenoxy) is 2. The Kier molecular flexibility index (Phi) is 13.5. The van der Waals surface area contributed by atoms with Gasteiger partial charge in [0, 0.05) is 31.0 Å². The van der Waals surface area contributed by atoms with Crippen LogP contribution in [-0.2, 0) is 18.6 Å². The van der Waals surface area contributed by atoms with Crippen molar-refractivity contribution in [3.05, 3.63) is 22.7 Å². The third-order valence-corrected chi connectivity index (χ3v) is 7.76. The zero-order chi connectivity index (χ0) is 30.3. The van der Waals surface area contributed by atoms with E-state index in [9.17, 15) is 38.6 Å². The number of aromatic nitrogens is 2. The molecule has 0 aliphatic carbocycles. The average Bonchev–Trinajstić information content (AvgIpc) is 3.15. The van der Waals surface area contributed by atoms with Crippen LogP contribution in [0.4, 0.5) is 14.6 Å². The minimum Gasteiger partial charge on any atom is -0.394 e. The standard InChI is InChI=1S/C10H21Cl2N2O7P.C9H11F2N3O4/c11-1-3-13-22(19,14-4-2-12)21-10-9(18)8(17)7(16)6(5-15)20-10;10-9(11)6(16)4(3-15)18-7(9)14-2-1-5(12)13-8(14)17/h6-10,15-18H,1-5H2,(H2,13,14,19);1-2,4,6-7,15-16H,3H2,(H2,12,13,17)/t6-,7-,8+,9-,10+;4-,6-,7-/m11/s1. The Balaban J connectivity index is 0.000000285. The summed E-state index contributed by atoms with van der Waals surface area (Å²) in [4.78, 5) is 14.7. The maximum absolute atomic E-state index is 13.7. The van der Waals surface area contributed by atoms with Crippen LogP contribution in [0.5, 0.6) is 0 Å². The molecule has 0 bridgehead atoms. The number of aliphatic hydroxyl groups excluding tert-OH is 6. The Hall–Kier alpha value is -1.09. The molecule has 1 aromatic rings. The summed E-state index contributed by atoms with van der Waals surface area (Å²) in [6, 6.07) is 1.15. The van der Waals surface area contributed by atoms with Gasteiger partial charge in [0.05, 0.1) is 13.2 Å². The van der Waals surface area contributed by atoms with Gasteiger partial charge in [-0.2, -0.15) is 13.8 Å². The molecule has 0 radical (unpaired) electrons. The molecular weight excluding hydrogens is 614 g/mol. The molecule has 3 rings (SSSR count). The molecule has 1 aromatic heterocycles. The first-order chi connectivity index (χ1) is 18.8. The van der Waals surface area contributed by atoms with Crippen molar-refractivity contribution < 1.29 is 58.0 Å². The van der Waals surface area contributed by atoms with E-state index in [1.165, 1.54) is 0 Å². The van der Waals surface area contributed by atoms with Gasteiger partial charge in [-0.25, -0.2) is 15.0 Å². The van der Waals surface area contributed by atoms with Crippen LogP contribution in [0.1, 0.15) is 6.23 Å². The molecule has 0 unspecified atom stereocenters. The van der Waals surface area contributed by atoms with Gasteiger partial charge >= 0.3 is 19.3 Å². The molecule has 16 nitrogen and oxygen atoms in total. The monoisotopic (exact) mass is 645 g/mol. The third kappa shape index (κ3) is 8.48. The Bertz CT molecular complexity index is 1040. The molecule has 2 fully saturated rings. The normalized spacial score (nSPS) is 31.9. The lowest BCUT2D eigenvalue weighted by molar-refractivity contribution is -0.277. The van der Waals surface area contributed by atoms with Crippen molar-refractivity contribution in [3.63, 3.8) is 0 Å². The van der Waals surface area contributed by atoms with E-state index in [0.29, 0.717) is 4.57 Å². The second kappa shape index (κ2) is 15.4. The van der Waals surface area contributed by atoms with Gasteiger partial charge in [-0.3, -0.25) is 13.7 Å². The number of halogens is 4. The quantitative estimate of drug-likeness (QED) is 0.0875. The maximum atomic E-state index is 13.7. The fourth-order valence-electron chi connectivity index (χ4n) is 3.53. The predicted octanol–water partition coefficient (Wildman–Crippen LogP) is -2.72. The molecule has 21 heteroatoms. The van der Waals surface area contributed by atoms with Crippen molar-refractivity contribution >= 4 is 36.7 Å². The van der Waals surface area contributed by atoms with Crippen LogP contribution in [0.25, 0.3) is 0 Å². The minimum absolute atomic E-state index is 0.114. The zero-order valence-corrected chi connectivity index (χ0v) is 23.1. The first-order valence-corrected chi connectivity index (χ1v) is 14.3. The van der Waals surface area contributed by atoms with E-state index >= 15 is 0 Å². The lowest BCUT2D eigenvalue weighted by atomic mass is 10.00. The summed E-state index contributed by atoms with van der Waals surface area (Å²) >= 11 is 11.0. The Morgan fingerprint density at radius 1 is 1.05 bits per heavy atom. The molecule has 0 aromatic carbocycles. The largest absolute Gasteiger partial charge is 0.394 e. The topological polar surface area (TPSA) is 251 Å². The van der Waals surface area contributed by atoms with Gasteiger partial charge in [-0.05, 0) is 6.07 Å². The van der Waals surface area contributed by atoms with Crippen LogP contribution >= 0.6 is 30.9 Å². The number of hydrogen-bond acceptors (Lipinski definition) is 13. The van der Waals surface area contributed by atoms with E-state index in [0.717, 1.165) is 12.3 Å². The predicted molar refractivity (Wildman–Crippen MR) is 135 cm³/mol. The second-order valence-electron chi connectivity index (χ2n) is 8.42. The van der Waals surface area contributed by atoms with Crippen LogP contribution in [-0.4, -0.2) is 127 Å². The number of nitrogens with two attached hydrogens (primary N) is 1. The molecule has 0 amide bonds. The Labute approximate surface area is 236 Å². The number of nitrogen functional groups attached to an aromatic ring is 1. The molecule has 0 saturated carbocycles. The van der Waals surface area contributed by atoms with E-state index < -0.39 is 81.6 Å². The van der Waals surface area contributed by atoms with Crippen molar-refractivity contribution in [2.24, 2.45) is 0 Å². The maximum Gasteiger partial charge on any atom is 0.351 e. The van der Waals surface area contributed by atoms with E-state index in [1.807, 2.05) is 0 Å². The van der Waals surface area contributed by atoms with Crippen molar-refractivity contribution in [2.75, 3.05) is 43.8 Å². The Morgan fingerprint density at radius 2 is 1.62 bits per heavy atom. The molecule has 2 aliphatic rings. The number of nitrogens with one attached hydrogen (secondary N) is 2. The third-order valence-electron chi connectivity index (χ3n) is 5.59. The summed E-state index contributed by atoms with van der Waals surface area (Å²) in [6.45, 7) is -1.11. The molecule has 2 aliphatic heterocycles. The van der Waals surface area contributed by atoms with Crippen molar-refractivity contribution in [2.45, 2.75) is 55.1 Å². The molecule has 40 heavy (non-hydrogen) atoms. The van der Waals surface area contributed by atoms with Crippen LogP contribution in [0.15, 0.2) is 17.1 Å². The first kappa shape index (κ1) is 35.1. The lowest BCUT2D eigenvalue weighted by Gasteiger charge is -2.40. The molecular formula is C19H32Cl2F2N5O11P. The summed E-state index contributed by atoms with van der Waals surface area (Å²) in [5.74, 6) is -3.51. The van der Waals surface area contributed by atoms with Gasteiger partial charge < -0.3 is 45.8 Å². The number of rotatable bonds is 11. The van der Waals surface area contributed by atoms with E-state index in [-0.39, 0.29) is 30.7 Å². The summed E-state index contributed by atoms with van der Waals surface area (Å²) in [7, 11) is -3.67. The number of aliphatic hydroxyl groups is 6. The number of nitrogens with zero attached hydrogens (tertiary/aromatic N) is 2. The smallest absolute Gasteiger partial charge is 0.351 e. The zero-order valence-electron chi connectivity index (χ0n) is 20.7. The highest BCUT2D eigenvalue weighted by Gasteiger charge is 2.59. The SMILES string of the molecule is Nc1ccn([C@@H]2O[C@H](CO)[C@@H](O)C2(F)F)c(=O)n1.O=P(NCCCl)(NCCCl)O[C@@H]1O[C@H](CO)[C@@H](O)[C@H](O)[C@H]1O. The van der Waals surface area contributed by atoms with Crippen molar-refractivity contribution in [3.8, 4) is 0 Å². The van der Waals surface area contributed by atoms with Crippen LogP contribution in [0, 0.1) is 0 Å². The van der Waals surface area contributed by atoms with Gasteiger partial charge in [0.15, 0.2) is 12.4 Å². The molecule has 0 spiro atoms. The molecule has 232 valence electrons. The van der Waals surface area contributed by atoms with Gasteiger partial charge in [-0.1, -0.05) is 0 Å². The van der Waals surface area contributed by atoms with E-state index in [2.05, 4.69) is 15.2 Å². The second-order valence-corrected chi connectivity index (χ2v) is 11.1. The summed E-state index contributed by atoms with van der Waals surface area (Å²) in [5, 5.41) is 61.5. The summed E-state index contributed by atoms with van der Waals surface area (Å²) < 4.78 is 55.6. The summed E-state index contributed by atoms with van der Waals surface area (Å²) in [6.07, 6.45) is -12.2. The van der Waals surface area contributed by atoms with Crippen LogP contribution in [0.2, 0.25) is 0 Å². The first-order valence-electron chi connectivity index (χ1n) is 11.6. The molecule has 10 N–H and O–H groups in total. The molecule has 3 heterocycles. The van der Waals surface area contributed by atoms with E-state index in [4.69, 9.17) is 53.1 Å². The fraction of sp³-hybridized carbons (Fsp3) is 0.789. The van der Waals surface area contributed by atoms with Gasteiger partial charge in [-0.15, -0.1) is 23.2 Å². The van der Waals surface area contributed by atoms with Crippen LogP contribution < -0.4 is 21.6 Å². The fourth-order valence-corrected chi connectivity index (χ4v) is 5.53. The van der Waals surface area contributed by atoms with Gasteiger partial charge in [0.25, 0.3) is 0 Å². The average molecular weight is 646 g/mol. The van der Waals surface area contributed by atoms with Crippen molar-refractivity contribution in [1.29, 1.82) is 0 Å². The van der Waals surface area contributed by atoms with Gasteiger partial charge in [0.1, 0.15) is 36.3 Å². The number of anilines is 1. The molecule has 2 saturated heterocycles. The number of alkyl halides is 4.